The van der Waals surface area contributed by atoms with E-state index in [1.807, 2.05) is 19.4 Å². The van der Waals surface area contributed by atoms with Gasteiger partial charge in [0, 0.05) is 26.0 Å². The smallest absolute Gasteiger partial charge is 0.122 e. The standard InChI is InChI=1S/C12H22N4.ClH/c1-13-8-11-4-3-6-16(9-11)10-12-14-5-7-15(12)2;/h5,7,11,13H,3-4,6,8-10H2,1-2H3;1H. The van der Waals surface area contributed by atoms with Crippen molar-refractivity contribution in [1.29, 1.82) is 0 Å². The Balaban J connectivity index is 0.00000144. The van der Waals surface area contributed by atoms with E-state index in [0.717, 1.165) is 19.0 Å². The lowest BCUT2D eigenvalue weighted by atomic mass is 9.98. The average molecular weight is 259 g/mol. The van der Waals surface area contributed by atoms with Crippen molar-refractivity contribution in [2.24, 2.45) is 13.0 Å². The molecule has 1 N–H and O–H groups in total. The summed E-state index contributed by atoms with van der Waals surface area (Å²) in [4.78, 5) is 6.91. The molecule has 1 aliphatic rings. The fourth-order valence-electron chi connectivity index (χ4n) is 2.50. The highest BCUT2D eigenvalue weighted by molar-refractivity contribution is 5.85. The van der Waals surface area contributed by atoms with E-state index in [9.17, 15) is 0 Å². The van der Waals surface area contributed by atoms with Crippen molar-refractivity contribution in [3.05, 3.63) is 18.2 Å². The lowest BCUT2D eigenvalue weighted by Gasteiger charge is -2.32. The number of nitrogens with one attached hydrogen (secondary N) is 1. The Morgan fingerprint density at radius 2 is 2.35 bits per heavy atom. The van der Waals surface area contributed by atoms with Gasteiger partial charge in [-0.25, -0.2) is 4.98 Å². The van der Waals surface area contributed by atoms with Crippen LogP contribution in [0.4, 0.5) is 0 Å². The molecular weight excluding hydrogens is 236 g/mol. The number of likely N-dealkylation sites (tertiary alicyclic amines) is 1. The van der Waals surface area contributed by atoms with Crippen molar-refractivity contribution in [2.75, 3.05) is 26.7 Å². The van der Waals surface area contributed by atoms with Crippen LogP contribution in [0.2, 0.25) is 0 Å². The Hall–Kier alpha value is -0.580. The molecule has 1 aromatic rings. The van der Waals surface area contributed by atoms with Crippen LogP contribution in [0, 0.1) is 5.92 Å². The second-order valence-corrected chi connectivity index (χ2v) is 4.76. The number of aromatic nitrogens is 2. The number of imidazole rings is 1. The van der Waals surface area contributed by atoms with Crippen LogP contribution < -0.4 is 5.32 Å². The molecule has 17 heavy (non-hydrogen) atoms. The van der Waals surface area contributed by atoms with E-state index in [2.05, 4.69) is 26.8 Å². The van der Waals surface area contributed by atoms with Crippen LogP contribution in [-0.2, 0) is 13.6 Å². The molecule has 1 aromatic heterocycles. The summed E-state index contributed by atoms with van der Waals surface area (Å²) < 4.78 is 2.11. The number of hydrogen-bond donors (Lipinski definition) is 1. The van der Waals surface area contributed by atoms with E-state index >= 15 is 0 Å². The minimum absolute atomic E-state index is 0. The van der Waals surface area contributed by atoms with E-state index < -0.39 is 0 Å². The first-order chi connectivity index (χ1) is 7.79. The first kappa shape index (κ1) is 14.5. The molecule has 0 amide bonds. The average Bonchev–Trinajstić information content (AvgIpc) is 2.66. The van der Waals surface area contributed by atoms with Crippen molar-refractivity contribution >= 4 is 12.4 Å². The topological polar surface area (TPSA) is 33.1 Å². The molecule has 0 saturated carbocycles. The second kappa shape index (κ2) is 6.99. The molecule has 1 fully saturated rings. The second-order valence-electron chi connectivity index (χ2n) is 4.76. The fraction of sp³-hybridized carbons (Fsp3) is 0.750. The zero-order chi connectivity index (χ0) is 11.4. The van der Waals surface area contributed by atoms with Crippen molar-refractivity contribution in [2.45, 2.75) is 19.4 Å². The zero-order valence-corrected chi connectivity index (χ0v) is 11.5. The van der Waals surface area contributed by atoms with Crippen LogP contribution in [0.15, 0.2) is 12.4 Å². The van der Waals surface area contributed by atoms with Gasteiger partial charge in [0.2, 0.25) is 0 Å². The minimum atomic E-state index is 0. The summed E-state index contributed by atoms with van der Waals surface area (Å²) in [5.41, 5.74) is 0. The highest BCUT2D eigenvalue weighted by atomic mass is 35.5. The molecule has 0 aliphatic carbocycles. The summed E-state index contributed by atoms with van der Waals surface area (Å²) in [7, 11) is 4.11. The van der Waals surface area contributed by atoms with Crippen molar-refractivity contribution < 1.29 is 0 Å². The van der Waals surface area contributed by atoms with Gasteiger partial charge in [0.1, 0.15) is 5.82 Å². The summed E-state index contributed by atoms with van der Waals surface area (Å²) in [5.74, 6) is 1.98. The summed E-state index contributed by atoms with van der Waals surface area (Å²) in [6, 6.07) is 0. The maximum absolute atomic E-state index is 4.39. The minimum Gasteiger partial charge on any atom is -0.337 e. The third kappa shape index (κ3) is 3.98. The predicted octanol–water partition coefficient (Wildman–Crippen LogP) is 1.27. The van der Waals surface area contributed by atoms with Gasteiger partial charge in [-0.1, -0.05) is 0 Å². The van der Waals surface area contributed by atoms with Gasteiger partial charge in [-0.3, -0.25) is 4.90 Å². The van der Waals surface area contributed by atoms with Crippen LogP contribution in [0.3, 0.4) is 0 Å². The lowest BCUT2D eigenvalue weighted by Crippen LogP contribution is -2.39. The van der Waals surface area contributed by atoms with Gasteiger partial charge in [0.05, 0.1) is 6.54 Å². The van der Waals surface area contributed by atoms with Gasteiger partial charge in [-0.15, -0.1) is 12.4 Å². The number of rotatable bonds is 4. The Morgan fingerprint density at radius 1 is 1.53 bits per heavy atom. The first-order valence-electron chi connectivity index (χ1n) is 6.12. The quantitative estimate of drug-likeness (QED) is 0.883. The summed E-state index contributed by atoms with van der Waals surface area (Å²) in [6.07, 6.45) is 6.57. The maximum atomic E-state index is 4.39. The molecule has 98 valence electrons. The zero-order valence-electron chi connectivity index (χ0n) is 10.7. The van der Waals surface area contributed by atoms with Crippen molar-refractivity contribution in [3.8, 4) is 0 Å². The van der Waals surface area contributed by atoms with Gasteiger partial charge in [-0.2, -0.15) is 0 Å². The summed E-state index contributed by atoms with van der Waals surface area (Å²) >= 11 is 0. The molecule has 1 unspecified atom stereocenters. The van der Waals surface area contributed by atoms with Crippen LogP contribution in [0.25, 0.3) is 0 Å². The van der Waals surface area contributed by atoms with Gasteiger partial charge >= 0.3 is 0 Å². The third-order valence-corrected chi connectivity index (χ3v) is 3.38. The third-order valence-electron chi connectivity index (χ3n) is 3.38. The van der Waals surface area contributed by atoms with Gasteiger partial charge in [0.25, 0.3) is 0 Å². The Kier molecular flexibility index (Phi) is 5.95. The van der Waals surface area contributed by atoms with Crippen LogP contribution >= 0.6 is 12.4 Å². The summed E-state index contributed by atoms with van der Waals surface area (Å²) in [5, 5.41) is 3.28. The van der Waals surface area contributed by atoms with E-state index in [1.165, 1.54) is 31.8 Å². The first-order valence-corrected chi connectivity index (χ1v) is 6.12. The van der Waals surface area contributed by atoms with E-state index in [0.29, 0.717) is 0 Å². The van der Waals surface area contributed by atoms with E-state index in [1.54, 1.807) is 0 Å². The van der Waals surface area contributed by atoms with Crippen LogP contribution in [0.5, 0.6) is 0 Å². The molecule has 2 heterocycles. The molecule has 1 aliphatic heterocycles. The maximum Gasteiger partial charge on any atom is 0.122 e. The van der Waals surface area contributed by atoms with Gasteiger partial charge < -0.3 is 9.88 Å². The molecule has 1 atom stereocenters. The fourth-order valence-corrected chi connectivity index (χ4v) is 2.50. The van der Waals surface area contributed by atoms with Crippen LogP contribution in [-0.4, -0.2) is 41.1 Å². The number of aryl methyl sites for hydroxylation is 1. The number of nitrogens with zero attached hydrogens (tertiary/aromatic N) is 3. The highest BCUT2D eigenvalue weighted by Gasteiger charge is 2.20. The van der Waals surface area contributed by atoms with E-state index in [-0.39, 0.29) is 12.4 Å². The lowest BCUT2D eigenvalue weighted by molar-refractivity contribution is 0.162. The highest BCUT2D eigenvalue weighted by Crippen LogP contribution is 2.17. The predicted molar refractivity (Wildman–Crippen MR) is 72.4 cm³/mol. The number of piperidine rings is 1. The van der Waals surface area contributed by atoms with Crippen LogP contribution in [0.1, 0.15) is 18.7 Å². The molecule has 0 spiro atoms. The molecule has 0 aromatic carbocycles. The number of halogens is 1. The number of hydrogen-bond acceptors (Lipinski definition) is 3. The molecule has 0 radical (unpaired) electrons. The molecule has 2 rings (SSSR count). The normalized spacial score (nSPS) is 21.2. The molecule has 0 bridgehead atoms. The van der Waals surface area contributed by atoms with E-state index in [4.69, 9.17) is 0 Å². The molecular formula is C12H23ClN4. The molecule has 1 saturated heterocycles. The van der Waals surface area contributed by atoms with Gasteiger partial charge in [0.15, 0.2) is 0 Å². The monoisotopic (exact) mass is 258 g/mol. The largest absolute Gasteiger partial charge is 0.337 e. The Bertz CT molecular complexity index is 324. The summed E-state index contributed by atoms with van der Waals surface area (Å²) in [6.45, 7) is 4.54. The Morgan fingerprint density at radius 3 is 3.00 bits per heavy atom. The molecule has 5 heteroatoms. The van der Waals surface area contributed by atoms with Gasteiger partial charge in [-0.05, 0) is 38.9 Å². The SMILES string of the molecule is CNCC1CCCN(Cc2nccn2C)C1.Cl. The van der Waals surface area contributed by atoms with Crippen molar-refractivity contribution in [1.82, 2.24) is 19.8 Å². The Labute approximate surface area is 110 Å². The molecule has 4 nitrogen and oxygen atoms in total. The van der Waals surface area contributed by atoms with Crippen molar-refractivity contribution in [3.63, 3.8) is 0 Å².